The zero-order valence-electron chi connectivity index (χ0n) is 12.5. The second-order valence-electron chi connectivity index (χ2n) is 4.86. The third kappa shape index (κ3) is 3.20. The zero-order chi connectivity index (χ0) is 14.5. The van der Waals surface area contributed by atoms with Crippen molar-refractivity contribution in [3.63, 3.8) is 0 Å². The van der Waals surface area contributed by atoms with Crippen LogP contribution in [0.5, 0.6) is 0 Å². The molecule has 4 heteroatoms. The lowest BCUT2D eigenvalue weighted by Crippen LogP contribution is -2.27. The molecule has 2 rings (SSSR count). The van der Waals surface area contributed by atoms with Crippen LogP contribution in [-0.4, -0.2) is 13.6 Å². The van der Waals surface area contributed by atoms with E-state index in [2.05, 4.69) is 41.2 Å². The van der Waals surface area contributed by atoms with Gasteiger partial charge in [0, 0.05) is 24.8 Å². The molecule has 0 aliphatic carbocycles. The van der Waals surface area contributed by atoms with Crippen LogP contribution < -0.4 is 9.47 Å². The Morgan fingerprint density at radius 3 is 2.40 bits per heavy atom. The number of aromatic nitrogens is 1. The van der Waals surface area contributed by atoms with Crippen molar-refractivity contribution in [3.8, 4) is 0 Å². The molecule has 2 aromatic rings. The normalized spacial score (nSPS) is 11.0. The van der Waals surface area contributed by atoms with E-state index < -0.39 is 0 Å². The molecule has 1 aromatic carbocycles. The second kappa shape index (κ2) is 6.28. The molecule has 0 aliphatic heterocycles. The molecule has 0 N–H and O–H groups in total. The maximum absolute atomic E-state index is 4.34. The fourth-order valence-electron chi connectivity index (χ4n) is 1.95. The first-order valence-corrected chi connectivity index (χ1v) is 6.80. The lowest BCUT2D eigenvalue weighted by molar-refractivity contribution is -0.658. The molecule has 0 spiro atoms. The Bertz CT molecular complexity index is 582. The Labute approximate surface area is 120 Å². The van der Waals surface area contributed by atoms with Crippen molar-refractivity contribution in [1.82, 2.24) is 0 Å². The lowest BCUT2D eigenvalue weighted by atomic mass is 10.2. The number of azo groups is 1. The van der Waals surface area contributed by atoms with E-state index in [0.29, 0.717) is 0 Å². The highest BCUT2D eigenvalue weighted by molar-refractivity contribution is 5.52. The summed E-state index contributed by atoms with van der Waals surface area (Å²) in [5.74, 6) is 0.877. The van der Waals surface area contributed by atoms with Crippen LogP contribution in [0.3, 0.4) is 0 Å². The van der Waals surface area contributed by atoms with Gasteiger partial charge in [0.05, 0.1) is 18.4 Å². The van der Waals surface area contributed by atoms with Gasteiger partial charge in [-0.15, -0.1) is 0 Å². The van der Waals surface area contributed by atoms with Gasteiger partial charge >= 0.3 is 5.82 Å². The summed E-state index contributed by atoms with van der Waals surface area (Å²) in [4.78, 5) is 2.18. The van der Waals surface area contributed by atoms with Gasteiger partial charge in [-0.25, -0.2) is 4.57 Å². The minimum atomic E-state index is 0.863. The van der Waals surface area contributed by atoms with E-state index in [0.717, 1.165) is 23.6 Å². The van der Waals surface area contributed by atoms with E-state index in [4.69, 9.17) is 0 Å². The molecule has 0 atom stereocenters. The van der Waals surface area contributed by atoms with Gasteiger partial charge < -0.3 is 4.90 Å². The van der Waals surface area contributed by atoms with E-state index in [1.165, 1.54) is 5.69 Å². The molecule has 0 saturated heterocycles. The summed E-state index contributed by atoms with van der Waals surface area (Å²) in [6.07, 6.45) is 1.97. The van der Waals surface area contributed by atoms with Crippen LogP contribution in [0.25, 0.3) is 0 Å². The molecule has 0 bridgehead atoms. The molecule has 1 heterocycles. The molecule has 20 heavy (non-hydrogen) atoms. The Hall–Kier alpha value is -2.23. The number of aryl methyl sites for hydroxylation is 2. The van der Waals surface area contributed by atoms with Crippen molar-refractivity contribution in [3.05, 3.63) is 48.2 Å². The van der Waals surface area contributed by atoms with Gasteiger partial charge in [-0.3, -0.25) is 0 Å². The summed E-state index contributed by atoms with van der Waals surface area (Å²) >= 11 is 0. The molecule has 0 amide bonds. The standard InChI is InChI=1S/C16H21N4/c1-5-19(3)15-10-8-14(9-11-15)17-18-16-13(2)7-6-12-20(16)4/h6-12H,5H2,1-4H3/q+1. The van der Waals surface area contributed by atoms with Crippen molar-refractivity contribution in [2.24, 2.45) is 17.3 Å². The predicted molar refractivity (Wildman–Crippen MR) is 81.9 cm³/mol. The zero-order valence-corrected chi connectivity index (χ0v) is 12.5. The summed E-state index contributed by atoms with van der Waals surface area (Å²) in [6, 6.07) is 12.1. The molecule has 1 aromatic heterocycles. The highest BCUT2D eigenvalue weighted by Crippen LogP contribution is 2.21. The molecule has 0 saturated carbocycles. The number of nitrogens with zero attached hydrogens (tertiary/aromatic N) is 4. The average Bonchev–Trinajstić information content (AvgIpc) is 2.46. The maximum atomic E-state index is 4.34. The fraction of sp³-hybridized carbons (Fsp3) is 0.312. The molecule has 0 fully saturated rings. The van der Waals surface area contributed by atoms with Crippen LogP contribution in [0.2, 0.25) is 0 Å². The molecule has 4 nitrogen and oxygen atoms in total. The van der Waals surface area contributed by atoms with Gasteiger partial charge in [-0.2, -0.15) is 0 Å². The van der Waals surface area contributed by atoms with Gasteiger partial charge in [0.2, 0.25) is 0 Å². The van der Waals surface area contributed by atoms with Crippen molar-refractivity contribution in [1.29, 1.82) is 0 Å². The Balaban J connectivity index is 2.20. The summed E-state index contributed by atoms with van der Waals surface area (Å²) < 4.78 is 1.97. The third-order valence-electron chi connectivity index (χ3n) is 3.37. The molecular formula is C16H21N4+. The van der Waals surface area contributed by atoms with Crippen LogP contribution >= 0.6 is 0 Å². The maximum Gasteiger partial charge on any atom is 0.353 e. The van der Waals surface area contributed by atoms with Crippen molar-refractivity contribution in [2.45, 2.75) is 13.8 Å². The summed E-state index contributed by atoms with van der Waals surface area (Å²) in [7, 11) is 4.05. The van der Waals surface area contributed by atoms with Crippen molar-refractivity contribution in [2.75, 3.05) is 18.5 Å². The average molecular weight is 269 g/mol. The van der Waals surface area contributed by atoms with Crippen LogP contribution in [0.4, 0.5) is 17.2 Å². The van der Waals surface area contributed by atoms with Gasteiger partial charge in [-0.05, 0) is 55.4 Å². The number of pyridine rings is 1. The Morgan fingerprint density at radius 2 is 1.80 bits per heavy atom. The van der Waals surface area contributed by atoms with Crippen molar-refractivity contribution >= 4 is 17.2 Å². The van der Waals surface area contributed by atoms with E-state index in [1.807, 2.05) is 49.0 Å². The SMILES string of the molecule is CCN(C)c1ccc(N=Nc2c(C)ccc[n+]2C)cc1. The molecule has 0 radical (unpaired) electrons. The largest absolute Gasteiger partial charge is 0.375 e. The second-order valence-corrected chi connectivity index (χ2v) is 4.86. The first-order chi connectivity index (χ1) is 9.61. The highest BCUT2D eigenvalue weighted by atomic mass is 15.2. The number of benzene rings is 1. The molecule has 104 valence electrons. The van der Waals surface area contributed by atoms with Crippen LogP contribution in [0.15, 0.2) is 52.8 Å². The number of anilines is 1. The van der Waals surface area contributed by atoms with E-state index in [1.54, 1.807) is 0 Å². The Morgan fingerprint density at radius 1 is 1.10 bits per heavy atom. The number of hydrogen-bond acceptors (Lipinski definition) is 3. The first-order valence-electron chi connectivity index (χ1n) is 6.80. The summed E-state index contributed by atoms with van der Waals surface area (Å²) in [5.41, 5.74) is 3.16. The van der Waals surface area contributed by atoms with Gasteiger partial charge in [0.1, 0.15) is 5.69 Å². The summed E-state index contributed by atoms with van der Waals surface area (Å²) in [6.45, 7) is 5.15. The van der Waals surface area contributed by atoms with Gasteiger partial charge in [-0.1, -0.05) is 0 Å². The van der Waals surface area contributed by atoms with Crippen LogP contribution in [-0.2, 0) is 7.05 Å². The van der Waals surface area contributed by atoms with E-state index in [-0.39, 0.29) is 0 Å². The van der Waals surface area contributed by atoms with Crippen LogP contribution in [0.1, 0.15) is 12.5 Å². The molecule has 0 unspecified atom stereocenters. The fourth-order valence-corrected chi connectivity index (χ4v) is 1.95. The van der Waals surface area contributed by atoms with E-state index in [9.17, 15) is 0 Å². The third-order valence-corrected chi connectivity index (χ3v) is 3.37. The highest BCUT2D eigenvalue weighted by Gasteiger charge is 2.09. The molecular weight excluding hydrogens is 248 g/mol. The number of rotatable bonds is 4. The predicted octanol–water partition coefficient (Wildman–Crippen LogP) is 3.69. The minimum Gasteiger partial charge on any atom is -0.375 e. The smallest absolute Gasteiger partial charge is 0.353 e. The number of hydrogen-bond donors (Lipinski definition) is 0. The van der Waals surface area contributed by atoms with Crippen molar-refractivity contribution < 1.29 is 4.57 Å². The van der Waals surface area contributed by atoms with Gasteiger partial charge in [0.25, 0.3) is 0 Å². The van der Waals surface area contributed by atoms with E-state index >= 15 is 0 Å². The minimum absolute atomic E-state index is 0.863. The topological polar surface area (TPSA) is 31.8 Å². The quantitative estimate of drug-likeness (QED) is 0.615. The van der Waals surface area contributed by atoms with Crippen LogP contribution in [0, 0.1) is 6.92 Å². The Kier molecular flexibility index (Phi) is 4.45. The lowest BCUT2D eigenvalue weighted by Gasteiger charge is -2.15. The van der Waals surface area contributed by atoms with Gasteiger partial charge in [0.15, 0.2) is 0 Å². The first kappa shape index (κ1) is 14.2. The summed E-state index contributed by atoms with van der Waals surface area (Å²) in [5, 5.41) is 8.65. The monoisotopic (exact) mass is 269 g/mol. The molecule has 0 aliphatic rings.